The van der Waals surface area contributed by atoms with Crippen molar-refractivity contribution in [3.05, 3.63) is 65.5 Å². The Hall–Kier alpha value is -3.35. The van der Waals surface area contributed by atoms with Gasteiger partial charge in [-0.15, -0.1) is 0 Å². The molecule has 0 unspecified atom stereocenters. The number of ether oxygens (including phenoxy) is 2. The van der Waals surface area contributed by atoms with Crippen LogP contribution in [0.25, 0.3) is 11.1 Å². The summed E-state index contributed by atoms with van der Waals surface area (Å²) in [4.78, 5) is 29.2. The first-order valence-electron chi connectivity index (χ1n) is 10.7. The van der Waals surface area contributed by atoms with Crippen molar-refractivity contribution in [2.75, 3.05) is 7.11 Å². The van der Waals surface area contributed by atoms with Crippen LogP contribution in [0.1, 0.15) is 74.3 Å². The summed E-state index contributed by atoms with van der Waals surface area (Å²) in [6, 6.07) is 14.3. The molecule has 0 radical (unpaired) electrons. The zero-order chi connectivity index (χ0) is 23.3. The second-order valence-corrected chi connectivity index (χ2v) is 8.66. The molecular weight excluding hydrogens is 408 g/mol. The number of benzene rings is 2. The third-order valence-corrected chi connectivity index (χ3v) is 4.98. The van der Waals surface area contributed by atoms with Gasteiger partial charge in [-0.25, -0.2) is 14.6 Å². The number of fused-ring (bicyclic) bond motifs is 1. The minimum Gasteiger partial charge on any atom is -0.465 e. The maximum atomic E-state index is 12.7. The number of aromatic nitrogens is 1. The Morgan fingerprint density at radius 2 is 1.84 bits per heavy atom. The number of rotatable bonds is 7. The monoisotopic (exact) mass is 438 g/mol. The molecule has 1 aromatic heterocycles. The van der Waals surface area contributed by atoms with Crippen molar-refractivity contribution in [3.63, 3.8) is 0 Å². The smallest absolute Gasteiger partial charge is 0.408 e. The van der Waals surface area contributed by atoms with E-state index in [1.54, 1.807) is 18.2 Å². The molecule has 0 saturated carbocycles. The van der Waals surface area contributed by atoms with E-state index in [2.05, 4.69) is 17.2 Å². The van der Waals surface area contributed by atoms with Crippen molar-refractivity contribution in [2.45, 2.75) is 58.1 Å². The number of nitrogens with zero attached hydrogens (tertiary/aromatic N) is 1. The number of hydrogen-bond donors (Lipinski definition) is 1. The van der Waals surface area contributed by atoms with Crippen LogP contribution in [-0.4, -0.2) is 29.8 Å². The normalized spacial score (nSPS) is 13.4. The number of carbonyl (C=O) groups excluding carboxylic acids is 2. The number of amides is 1. The third-order valence-electron chi connectivity index (χ3n) is 4.98. The molecule has 0 fully saturated rings. The van der Waals surface area contributed by atoms with Crippen molar-refractivity contribution < 1.29 is 23.5 Å². The molecule has 2 aromatic carbocycles. The van der Waals surface area contributed by atoms with E-state index in [-0.39, 0.29) is 5.92 Å². The highest BCUT2D eigenvalue weighted by molar-refractivity contribution is 5.93. The molecule has 0 bridgehead atoms. The fourth-order valence-electron chi connectivity index (χ4n) is 3.60. The van der Waals surface area contributed by atoms with E-state index in [0.717, 1.165) is 18.4 Å². The van der Waals surface area contributed by atoms with Gasteiger partial charge in [0.2, 0.25) is 5.89 Å². The van der Waals surface area contributed by atoms with E-state index in [4.69, 9.17) is 13.9 Å². The standard InChI is InChI=1S/C25H30N2O5/c1-6-10-18(22-26-19-14-13-17(23(28)30-5)15-20(19)31-22)21(16-11-8-7-9-12-16)27-24(29)32-25(2,3)4/h7-9,11-15,18,21H,6,10H2,1-5H3,(H,27,29)/t18-,21-/m0/s1. The van der Waals surface area contributed by atoms with Gasteiger partial charge in [0.1, 0.15) is 11.1 Å². The Morgan fingerprint density at radius 1 is 1.12 bits per heavy atom. The fraction of sp³-hybridized carbons (Fsp3) is 0.400. The molecule has 0 spiro atoms. The Kier molecular flexibility index (Phi) is 7.18. The molecule has 3 aromatic rings. The molecule has 1 N–H and O–H groups in total. The molecule has 32 heavy (non-hydrogen) atoms. The summed E-state index contributed by atoms with van der Waals surface area (Å²) < 4.78 is 16.4. The SMILES string of the molecule is CCC[C@H](c1nc2ccc(C(=O)OC)cc2o1)[C@@H](NC(=O)OC(C)(C)C)c1ccccc1. The predicted octanol–water partition coefficient (Wildman–Crippen LogP) is 5.76. The van der Waals surface area contributed by atoms with E-state index in [0.29, 0.717) is 22.6 Å². The number of nitrogens with one attached hydrogen (secondary N) is 1. The number of oxazole rings is 1. The van der Waals surface area contributed by atoms with Crippen LogP contribution < -0.4 is 5.32 Å². The fourth-order valence-corrected chi connectivity index (χ4v) is 3.60. The van der Waals surface area contributed by atoms with Gasteiger partial charge in [-0.05, 0) is 51.0 Å². The second-order valence-electron chi connectivity index (χ2n) is 8.66. The maximum absolute atomic E-state index is 12.7. The summed E-state index contributed by atoms with van der Waals surface area (Å²) in [5.41, 5.74) is 1.83. The Labute approximate surface area is 188 Å². The lowest BCUT2D eigenvalue weighted by Crippen LogP contribution is -2.37. The van der Waals surface area contributed by atoms with E-state index >= 15 is 0 Å². The Balaban J connectivity index is 2.01. The van der Waals surface area contributed by atoms with Crippen LogP contribution in [0.4, 0.5) is 4.79 Å². The van der Waals surface area contributed by atoms with Gasteiger partial charge in [0, 0.05) is 0 Å². The molecule has 7 nitrogen and oxygen atoms in total. The van der Waals surface area contributed by atoms with Crippen LogP contribution in [0, 0.1) is 0 Å². The molecule has 0 aliphatic rings. The van der Waals surface area contributed by atoms with Crippen molar-refractivity contribution in [3.8, 4) is 0 Å². The van der Waals surface area contributed by atoms with Gasteiger partial charge in [0.05, 0.1) is 24.6 Å². The minimum atomic E-state index is -0.618. The van der Waals surface area contributed by atoms with Gasteiger partial charge in [0.15, 0.2) is 5.58 Å². The van der Waals surface area contributed by atoms with Crippen molar-refractivity contribution >= 4 is 23.2 Å². The summed E-state index contributed by atoms with van der Waals surface area (Å²) in [7, 11) is 1.34. The average Bonchev–Trinajstić information content (AvgIpc) is 3.18. The summed E-state index contributed by atoms with van der Waals surface area (Å²) >= 11 is 0. The van der Waals surface area contributed by atoms with Gasteiger partial charge >= 0.3 is 12.1 Å². The molecule has 2 atom stereocenters. The lowest BCUT2D eigenvalue weighted by molar-refractivity contribution is 0.0490. The largest absolute Gasteiger partial charge is 0.465 e. The quantitative estimate of drug-likeness (QED) is 0.471. The average molecular weight is 439 g/mol. The van der Waals surface area contributed by atoms with Crippen LogP contribution in [-0.2, 0) is 9.47 Å². The number of carbonyl (C=O) groups is 2. The van der Waals surface area contributed by atoms with Gasteiger partial charge in [-0.1, -0.05) is 43.7 Å². The van der Waals surface area contributed by atoms with Crippen LogP contribution in [0.3, 0.4) is 0 Å². The lowest BCUT2D eigenvalue weighted by Gasteiger charge is -2.28. The zero-order valence-electron chi connectivity index (χ0n) is 19.2. The topological polar surface area (TPSA) is 90.7 Å². The van der Waals surface area contributed by atoms with Crippen LogP contribution in [0.15, 0.2) is 52.9 Å². The molecule has 1 amide bonds. The number of alkyl carbamates (subject to hydrolysis) is 1. The van der Waals surface area contributed by atoms with E-state index in [1.165, 1.54) is 7.11 Å². The number of methoxy groups -OCH3 is 1. The summed E-state index contributed by atoms with van der Waals surface area (Å²) in [5, 5.41) is 3.02. The van der Waals surface area contributed by atoms with Gasteiger partial charge in [-0.3, -0.25) is 0 Å². The van der Waals surface area contributed by atoms with Gasteiger partial charge in [0.25, 0.3) is 0 Å². The van der Waals surface area contributed by atoms with Crippen LogP contribution in [0.5, 0.6) is 0 Å². The van der Waals surface area contributed by atoms with Crippen molar-refractivity contribution in [2.24, 2.45) is 0 Å². The van der Waals surface area contributed by atoms with Crippen molar-refractivity contribution in [1.82, 2.24) is 10.3 Å². The number of esters is 1. The van der Waals surface area contributed by atoms with Gasteiger partial charge < -0.3 is 19.2 Å². The maximum Gasteiger partial charge on any atom is 0.408 e. The van der Waals surface area contributed by atoms with E-state index < -0.39 is 23.7 Å². The first kappa shape index (κ1) is 23.3. The van der Waals surface area contributed by atoms with Crippen LogP contribution in [0.2, 0.25) is 0 Å². The number of hydrogen-bond acceptors (Lipinski definition) is 6. The molecule has 0 saturated heterocycles. The lowest BCUT2D eigenvalue weighted by atomic mass is 9.89. The zero-order valence-corrected chi connectivity index (χ0v) is 19.2. The minimum absolute atomic E-state index is 0.233. The molecule has 0 aliphatic carbocycles. The summed E-state index contributed by atoms with van der Waals surface area (Å²) in [6.07, 6.45) is 1.08. The highest BCUT2D eigenvalue weighted by atomic mass is 16.6. The van der Waals surface area contributed by atoms with Crippen LogP contribution >= 0.6 is 0 Å². The first-order chi connectivity index (χ1) is 15.2. The Bertz CT molecular complexity index is 1070. The van der Waals surface area contributed by atoms with Crippen molar-refractivity contribution in [1.29, 1.82) is 0 Å². The van der Waals surface area contributed by atoms with E-state index in [9.17, 15) is 9.59 Å². The molecule has 0 aliphatic heterocycles. The van der Waals surface area contributed by atoms with Gasteiger partial charge in [-0.2, -0.15) is 0 Å². The molecular formula is C25H30N2O5. The highest BCUT2D eigenvalue weighted by Gasteiger charge is 2.31. The molecule has 170 valence electrons. The highest BCUT2D eigenvalue weighted by Crippen LogP contribution is 2.36. The molecule has 7 heteroatoms. The summed E-state index contributed by atoms with van der Waals surface area (Å²) in [6.45, 7) is 7.55. The molecule has 1 heterocycles. The second kappa shape index (κ2) is 9.85. The van der Waals surface area contributed by atoms with E-state index in [1.807, 2.05) is 51.1 Å². The third kappa shape index (κ3) is 5.66. The predicted molar refractivity (Wildman–Crippen MR) is 122 cm³/mol. The Morgan fingerprint density at radius 3 is 2.47 bits per heavy atom. The summed E-state index contributed by atoms with van der Waals surface area (Å²) in [5.74, 6) is -0.179. The first-order valence-corrected chi connectivity index (χ1v) is 10.7. The molecule has 3 rings (SSSR count).